The summed E-state index contributed by atoms with van der Waals surface area (Å²) in [6.45, 7) is 4.63. The Bertz CT molecular complexity index is 541. The third kappa shape index (κ3) is 3.02. The molecule has 2 rings (SSSR count). The molecule has 0 bridgehead atoms. The molecule has 0 amide bonds. The van der Waals surface area contributed by atoms with Gasteiger partial charge in [0, 0.05) is 20.3 Å². The number of rotatable bonds is 3. The van der Waals surface area contributed by atoms with E-state index in [0.717, 1.165) is 5.56 Å². The lowest BCUT2D eigenvalue weighted by molar-refractivity contribution is -0.208. The quantitative estimate of drug-likeness (QED) is 0.618. The van der Waals surface area contributed by atoms with Crippen LogP contribution in [0.2, 0.25) is 0 Å². The molecule has 0 spiro atoms. The average Bonchev–Trinajstić information content (AvgIpc) is 2.27. The maximum atomic E-state index is 11.9. The summed E-state index contributed by atoms with van der Waals surface area (Å²) in [5, 5.41) is 0. The van der Waals surface area contributed by atoms with Crippen molar-refractivity contribution in [1.29, 1.82) is 0 Å². The SMILES string of the molecule is CC(=O)C1=C(Cc2ccccc2)OC(C)(C)OC1=O. The molecule has 1 aliphatic heterocycles. The molecular formula is C15H16O4. The predicted molar refractivity (Wildman–Crippen MR) is 69.1 cm³/mol. The first-order valence-electron chi connectivity index (χ1n) is 6.09. The Hall–Kier alpha value is -2.10. The largest absolute Gasteiger partial charge is 0.456 e. The molecule has 1 aromatic rings. The summed E-state index contributed by atoms with van der Waals surface area (Å²) < 4.78 is 10.7. The van der Waals surface area contributed by atoms with Gasteiger partial charge in [0.05, 0.1) is 0 Å². The molecule has 0 atom stereocenters. The lowest BCUT2D eigenvalue weighted by Crippen LogP contribution is -2.39. The highest BCUT2D eigenvalue weighted by molar-refractivity contribution is 6.17. The van der Waals surface area contributed by atoms with Gasteiger partial charge in [-0.25, -0.2) is 4.79 Å². The summed E-state index contributed by atoms with van der Waals surface area (Å²) in [5.74, 6) is -1.62. The zero-order valence-electron chi connectivity index (χ0n) is 11.2. The first-order valence-corrected chi connectivity index (χ1v) is 6.09. The van der Waals surface area contributed by atoms with Crippen molar-refractivity contribution in [1.82, 2.24) is 0 Å². The molecule has 1 heterocycles. The van der Waals surface area contributed by atoms with Crippen LogP contribution < -0.4 is 0 Å². The van der Waals surface area contributed by atoms with E-state index in [4.69, 9.17) is 9.47 Å². The van der Waals surface area contributed by atoms with Gasteiger partial charge in [0.2, 0.25) is 5.79 Å². The van der Waals surface area contributed by atoms with Crippen LogP contribution >= 0.6 is 0 Å². The van der Waals surface area contributed by atoms with Gasteiger partial charge < -0.3 is 9.47 Å². The molecule has 4 nitrogen and oxygen atoms in total. The maximum absolute atomic E-state index is 11.9. The second kappa shape index (κ2) is 4.88. The number of cyclic esters (lactones) is 1. The number of ketones is 1. The standard InChI is InChI=1S/C15H16O4/c1-10(16)13-12(9-11-7-5-4-6-8-11)18-15(2,3)19-14(13)17/h4-8H,9H2,1-3H3. The Kier molecular flexibility index (Phi) is 3.42. The highest BCUT2D eigenvalue weighted by Crippen LogP contribution is 2.29. The molecule has 19 heavy (non-hydrogen) atoms. The maximum Gasteiger partial charge on any atom is 0.348 e. The van der Waals surface area contributed by atoms with Crippen LogP contribution in [0.3, 0.4) is 0 Å². The normalized spacial score (nSPS) is 17.7. The number of esters is 1. The predicted octanol–water partition coefficient (Wildman–Crippen LogP) is 2.38. The molecular weight excluding hydrogens is 244 g/mol. The van der Waals surface area contributed by atoms with Crippen molar-refractivity contribution in [3.8, 4) is 0 Å². The number of Topliss-reactive ketones (excluding diaryl/α,β-unsaturated/α-hetero) is 1. The van der Waals surface area contributed by atoms with Crippen molar-refractivity contribution in [2.45, 2.75) is 33.0 Å². The van der Waals surface area contributed by atoms with Crippen molar-refractivity contribution in [2.24, 2.45) is 0 Å². The molecule has 100 valence electrons. The average molecular weight is 260 g/mol. The number of carbonyl (C=O) groups excluding carboxylic acids is 2. The first kappa shape index (κ1) is 13.3. The van der Waals surface area contributed by atoms with Crippen molar-refractivity contribution in [2.75, 3.05) is 0 Å². The van der Waals surface area contributed by atoms with Gasteiger partial charge in [-0.05, 0) is 12.5 Å². The van der Waals surface area contributed by atoms with Gasteiger partial charge >= 0.3 is 5.97 Å². The number of allylic oxidation sites excluding steroid dienone is 1. The Balaban J connectivity index is 2.39. The molecule has 0 aliphatic carbocycles. The summed E-state index contributed by atoms with van der Waals surface area (Å²) >= 11 is 0. The third-order valence-corrected chi connectivity index (χ3v) is 2.75. The van der Waals surface area contributed by atoms with E-state index in [-0.39, 0.29) is 11.4 Å². The summed E-state index contributed by atoms with van der Waals surface area (Å²) in [6.07, 6.45) is 0.397. The fourth-order valence-corrected chi connectivity index (χ4v) is 2.00. The summed E-state index contributed by atoms with van der Waals surface area (Å²) in [4.78, 5) is 23.5. The first-order chi connectivity index (χ1) is 8.89. The van der Waals surface area contributed by atoms with Gasteiger partial charge in [0.1, 0.15) is 11.3 Å². The zero-order chi connectivity index (χ0) is 14.0. The number of benzene rings is 1. The van der Waals surface area contributed by atoms with Crippen molar-refractivity contribution >= 4 is 11.8 Å². The summed E-state index contributed by atoms with van der Waals surface area (Å²) in [5.41, 5.74) is 0.977. The van der Waals surface area contributed by atoms with Crippen LogP contribution in [0, 0.1) is 0 Å². The van der Waals surface area contributed by atoms with Crippen LogP contribution in [0.4, 0.5) is 0 Å². The second-order valence-corrected chi connectivity index (χ2v) is 4.91. The Morgan fingerprint density at radius 1 is 1.16 bits per heavy atom. The van der Waals surface area contributed by atoms with E-state index >= 15 is 0 Å². The van der Waals surface area contributed by atoms with Crippen LogP contribution in [-0.4, -0.2) is 17.5 Å². The molecule has 0 saturated carbocycles. The molecule has 0 radical (unpaired) electrons. The lowest BCUT2D eigenvalue weighted by Gasteiger charge is -2.33. The Morgan fingerprint density at radius 3 is 2.37 bits per heavy atom. The van der Waals surface area contributed by atoms with Gasteiger partial charge in [-0.3, -0.25) is 4.79 Å². The van der Waals surface area contributed by atoms with Gasteiger partial charge in [0.25, 0.3) is 0 Å². The molecule has 1 aliphatic rings. The molecule has 0 unspecified atom stereocenters. The minimum absolute atomic E-state index is 0.00294. The van der Waals surface area contributed by atoms with Gasteiger partial charge in [-0.2, -0.15) is 0 Å². The van der Waals surface area contributed by atoms with Gasteiger partial charge in [-0.1, -0.05) is 30.3 Å². The number of carbonyl (C=O) groups is 2. The minimum Gasteiger partial charge on any atom is -0.456 e. The van der Waals surface area contributed by atoms with Crippen LogP contribution in [0.15, 0.2) is 41.7 Å². The molecule has 0 aromatic heterocycles. The minimum atomic E-state index is -1.04. The van der Waals surface area contributed by atoms with E-state index in [9.17, 15) is 9.59 Å². The number of hydrogen-bond acceptors (Lipinski definition) is 4. The topological polar surface area (TPSA) is 52.6 Å². The Morgan fingerprint density at radius 2 is 1.79 bits per heavy atom. The fourth-order valence-electron chi connectivity index (χ4n) is 2.00. The smallest absolute Gasteiger partial charge is 0.348 e. The number of ether oxygens (including phenoxy) is 2. The lowest BCUT2D eigenvalue weighted by atomic mass is 10.0. The van der Waals surface area contributed by atoms with E-state index in [2.05, 4.69) is 0 Å². The molecule has 0 N–H and O–H groups in total. The monoisotopic (exact) mass is 260 g/mol. The van der Waals surface area contributed by atoms with Crippen molar-refractivity contribution < 1.29 is 19.1 Å². The van der Waals surface area contributed by atoms with Crippen molar-refractivity contribution in [3.63, 3.8) is 0 Å². The summed E-state index contributed by atoms with van der Waals surface area (Å²) in [7, 11) is 0. The Labute approximate surface area is 112 Å². The zero-order valence-corrected chi connectivity index (χ0v) is 11.2. The van der Waals surface area contributed by atoms with E-state index < -0.39 is 11.8 Å². The van der Waals surface area contributed by atoms with E-state index in [1.54, 1.807) is 13.8 Å². The highest BCUT2D eigenvalue weighted by Gasteiger charge is 2.37. The molecule has 4 heteroatoms. The van der Waals surface area contributed by atoms with E-state index in [1.807, 2.05) is 30.3 Å². The van der Waals surface area contributed by atoms with Crippen molar-refractivity contribution in [3.05, 3.63) is 47.2 Å². The highest BCUT2D eigenvalue weighted by atomic mass is 16.7. The number of hydrogen-bond donors (Lipinski definition) is 0. The molecule has 0 saturated heterocycles. The third-order valence-electron chi connectivity index (χ3n) is 2.75. The molecule has 0 fully saturated rings. The van der Waals surface area contributed by atoms with Crippen LogP contribution in [-0.2, 0) is 25.5 Å². The fraction of sp³-hybridized carbons (Fsp3) is 0.333. The van der Waals surface area contributed by atoms with E-state index in [0.29, 0.717) is 12.2 Å². The molecule has 1 aromatic carbocycles. The van der Waals surface area contributed by atoms with Gasteiger partial charge in [-0.15, -0.1) is 0 Å². The van der Waals surface area contributed by atoms with E-state index in [1.165, 1.54) is 6.92 Å². The van der Waals surface area contributed by atoms with Crippen LogP contribution in [0.25, 0.3) is 0 Å². The second-order valence-electron chi connectivity index (χ2n) is 4.91. The summed E-state index contributed by atoms with van der Waals surface area (Å²) in [6, 6.07) is 9.54. The van der Waals surface area contributed by atoms with Gasteiger partial charge in [0.15, 0.2) is 5.78 Å². The van der Waals surface area contributed by atoms with Crippen LogP contribution in [0.5, 0.6) is 0 Å². The van der Waals surface area contributed by atoms with Crippen LogP contribution in [0.1, 0.15) is 26.3 Å².